The topological polar surface area (TPSA) is 64.4 Å². The second-order valence-electron chi connectivity index (χ2n) is 6.53. The number of aryl methyl sites for hydroxylation is 1. The first-order valence-corrected chi connectivity index (χ1v) is 10.1. The van der Waals surface area contributed by atoms with Crippen molar-refractivity contribution in [2.45, 2.75) is 17.7 Å². The summed E-state index contributed by atoms with van der Waals surface area (Å²) in [4.78, 5) is 17.1. The Morgan fingerprint density at radius 1 is 1.14 bits per heavy atom. The van der Waals surface area contributed by atoms with Gasteiger partial charge in [-0.1, -0.05) is 18.2 Å². The molecule has 4 aromatic rings. The van der Waals surface area contributed by atoms with Gasteiger partial charge in [-0.25, -0.2) is 4.98 Å². The largest absolute Gasteiger partial charge is 0.497 e. The Bertz CT molecular complexity index is 1160. The van der Waals surface area contributed by atoms with E-state index < -0.39 is 0 Å². The van der Waals surface area contributed by atoms with Crippen LogP contribution in [0.3, 0.4) is 0 Å². The predicted molar refractivity (Wildman–Crippen MR) is 116 cm³/mol. The number of hydrogen-bond acceptors (Lipinski definition) is 5. The van der Waals surface area contributed by atoms with E-state index >= 15 is 0 Å². The first-order chi connectivity index (χ1) is 14.1. The summed E-state index contributed by atoms with van der Waals surface area (Å²) in [6, 6.07) is 19.2. The molecular formula is C23H20N2O3S. The number of aromatic nitrogens is 1. The Hall–Kier alpha value is -3.25. The van der Waals surface area contributed by atoms with Gasteiger partial charge in [-0.3, -0.25) is 4.79 Å². The molecule has 0 atom stereocenters. The fourth-order valence-electron chi connectivity index (χ4n) is 3.06. The molecule has 0 saturated carbocycles. The smallest absolute Gasteiger partial charge is 0.291 e. The summed E-state index contributed by atoms with van der Waals surface area (Å²) in [7, 11) is 1.61. The molecule has 0 fully saturated rings. The first kappa shape index (κ1) is 19.1. The average molecular weight is 404 g/mol. The van der Waals surface area contributed by atoms with E-state index in [1.165, 1.54) is 0 Å². The molecule has 1 amide bonds. The minimum Gasteiger partial charge on any atom is -0.497 e. The van der Waals surface area contributed by atoms with Crippen molar-refractivity contribution in [2.75, 3.05) is 12.4 Å². The quantitative estimate of drug-likeness (QED) is 0.418. The zero-order valence-electron chi connectivity index (χ0n) is 16.1. The molecule has 2 aromatic heterocycles. The molecule has 29 heavy (non-hydrogen) atoms. The Morgan fingerprint density at radius 2 is 2.03 bits per heavy atom. The number of hydrogen-bond donors (Lipinski definition) is 1. The summed E-state index contributed by atoms with van der Waals surface area (Å²) in [5.41, 5.74) is 3.28. The lowest BCUT2D eigenvalue weighted by atomic mass is 10.1. The number of amides is 1. The number of methoxy groups -OCH3 is 1. The van der Waals surface area contributed by atoms with Crippen molar-refractivity contribution in [3.63, 3.8) is 0 Å². The van der Waals surface area contributed by atoms with Gasteiger partial charge in [0.1, 0.15) is 11.3 Å². The van der Waals surface area contributed by atoms with Crippen LogP contribution in [-0.2, 0) is 5.75 Å². The number of carbonyl (C=O) groups is 1. The van der Waals surface area contributed by atoms with E-state index in [0.29, 0.717) is 11.3 Å². The van der Waals surface area contributed by atoms with Gasteiger partial charge < -0.3 is 14.5 Å². The number of ether oxygens (including phenoxy) is 1. The highest BCUT2D eigenvalue weighted by molar-refractivity contribution is 7.98. The third-order valence-electron chi connectivity index (χ3n) is 4.56. The zero-order chi connectivity index (χ0) is 20.2. The van der Waals surface area contributed by atoms with Crippen LogP contribution in [0.25, 0.3) is 11.0 Å². The maximum atomic E-state index is 12.8. The molecule has 0 radical (unpaired) electrons. The van der Waals surface area contributed by atoms with E-state index in [0.717, 1.165) is 38.7 Å². The summed E-state index contributed by atoms with van der Waals surface area (Å²) in [6.45, 7) is 1.88. The standard InChI is InChI=1S/C23H20N2O3S/c1-15-19-13-18(27-2)9-10-20(19)28-22(15)23(26)25-17-7-5-6-16(12-17)14-29-21-8-3-4-11-24-21/h3-13H,14H2,1-2H3,(H,25,26). The lowest BCUT2D eigenvalue weighted by molar-refractivity contribution is 0.0998. The zero-order valence-corrected chi connectivity index (χ0v) is 17.0. The van der Waals surface area contributed by atoms with Crippen molar-refractivity contribution in [1.29, 1.82) is 0 Å². The van der Waals surface area contributed by atoms with Crippen molar-refractivity contribution in [2.24, 2.45) is 0 Å². The maximum absolute atomic E-state index is 12.8. The first-order valence-electron chi connectivity index (χ1n) is 9.15. The molecule has 0 bridgehead atoms. The fourth-order valence-corrected chi connectivity index (χ4v) is 3.86. The molecule has 1 N–H and O–H groups in total. The van der Waals surface area contributed by atoms with Gasteiger partial charge in [0.05, 0.1) is 12.1 Å². The second-order valence-corrected chi connectivity index (χ2v) is 7.53. The lowest BCUT2D eigenvalue weighted by Gasteiger charge is -2.07. The molecule has 0 saturated heterocycles. The van der Waals surface area contributed by atoms with Crippen molar-refractivity contribution in [1.82, 2.24) is 4.98 Å². The predicted octanol–water partition coefficient (Wildman–Crippen LogP) is 5.69. The minimum absolute atomic E-state index is 0.271. The molecule has 0 aliphatic heterocycles. The van der Waals surface area contributed by atoms with E-state index in [1.807, 2.05) is 67.6 Å². The van der Waals surface area contributed by atoms with Crippen molar-refractivity contribution in [3.05, 3.63) is 83.7 Å². The van der Waals surface area contributed by atoms with E-state index in [1.54, 1.807) is 25.1 Å². The summed E-state index contributed by atoms with van der Waals surface area (Å²) >= 11 is 1.65. The molecular weight excluding hydrogens is 384 g/mol. The fraction of sp³-hybridized carbons (Fsp3) is 0.130. The van der Waals surface area contributed by atoms with Crippen molar-refractivity contribution in [3.8, 4) is 5.75 Å². The van der Waals surface area contributed by atoms with Gasteiger partial charge in [0, 0.05) is 28.6 Å². The molecule has 146 valence electrons. The number of furan rings is 1. The van der Waals surface area contributed by atoms with Crippen LogP contribution >= 0.6 is 11.8 Å². The van der Waals surface area contributed by atoms with Gasteiger partial charge >= 0.3 is 0 Å². The van der Waals surface area contributed by atoms with Crippen LogP contribution in [0.1, 0.15) is 21.7 Å². The summed E-state index contributed by atoms with van der Waals surface area (Å²) in [5.74, 6) is 1.53. The van der Waals surface area contributed by atoms with Gasteiger partial charge in [-0.2, -0.15) is 0 Å². The van der Waals surface area contributed by atoms with E-state index in [4.69, 9.17) is 9.15 Å². The SMILES string of the molecule is COc1ccc2oc(C(=O)Nc3cccc(CSc4ccccn4)c3)c(C)c2c1. The van der Waals surface area contributed by atoms with Crippen LogP contribution in [0.2, 0.25) is 0 Å². The van der Waals surface area contributed by atoms with E-state index in [9.17, 15) is 4.79 Å². The minimum atomic E-state index is -0.271. The second kappa shape index (κ2) is 8.41. The highest BCUT2D eigenvalue weighted by Crippen LogP contribution is 2.29. The van der Waals surface area contributed by atoms with Crippen LogP contribution in [-0.4, -0.2) is 18.0 Å². The van der Waals surface area contributed by atoms with Crippen molar-refractivity contribution >= 4 is 34.3 Å². The molecule has 0 unspecified atom stereocenters. The lowest BCUT2D eigenvalue weighted by Crippen LogP contribution is -2.12. The highest BCUT2D eigenvalue weighted by Gasteiger charge is 2.18. The Labute approximate surface area is 173 Å². The van der Waals surface area contributed by atoms with Gasteiger partial charge in [-0.15, -0.1) is 11.8 Å². The number of anilines is 1. The molecule has 5 nitrogen and oxygen atoms in total. The number of thioether (sulfide) groups is 1. The maximum Gasteiger partial charge on any atom is 0.291 e. The monoisotopic (exact) mass is 404 g/mol. The average Bonchev–Trinajstić information content (AvgIpc) is 3.09. The van der Waals surface area contributed by atoms with Gasteiger partial charge in [0.25, 0.3) is 5.91 Å². The van der Waals surface area contributed by atoms with Gasteiger partial charge in [0.15, 0.2) is 5.76 Å². The number of nitrogens with one attached hydrogen (secondary N) is 1. The van der Waals surface area contributed by atoms with Gasteiger partial charge in [0.2, 0.25) is 0 Å². The summed E-state index contributed by atoms with van der Waals surface area (Å²) < 4.78 is 11.1. The Kier molecular flexibility index (Phi) is 5.53. The number of pyridine rings is 1. The van der Waals surface area contributed by atoms with Crippen LogP contribution < -0.4 is 10.1 Å². The summed E-state index contributed by atoms with van der Waals surface area (Å²) in [5, 5.41) is 4.78. The Morgan fingerprint density at radius 3 is 2.83 bits per heavy atom. The van der Waals surface area contributed by atoms with Crippen LogP contribution in [0, 0.1) is 6.92 Å². The molecule has 2 aromatic carbocycles. The normalized spacial score (nSPS) is 10.8. The molecule has 0 spiro atoms. The Balaban J connectivity index is 1.50. The third kappa shape index (κ3) is 4.27. The van der Waals surface area contributed by atoms with Crippen molar-refractivity contribution < 1.29 is 13.9 Å². The van der Waals surface area contributed by atoms with E-state index in [2.05, 4.69) is 10.3 Å². The van der Waals surface area contributed by atoms with Gasteiger partial charge in [-0.05, 0) is 55.0 Å². The molecule has 4 rings (SSSR count). The third-order valence-corrected chi connectivity index (χ3v) is 5.57. The van der Waals surface area contributed by atoms with Crippen LogP contribution in [0.4, 0.5) is 5.69 Å². The number of fused-ring (bicyclic) bond motifs is 1. The van der Waals surface area contributed by atoms with Crippen LogP contribution in [0.5, 0.6) is 5.75 Å². The molecule has 2 heterocycles. The van der Waals surface area contributed by atoms with Crippen LogP contribution in [0.15, 0.2) is 76.3 Å². The molecule has 0 aliphatic carbocycles. The molecule has 0 aliphatic rings. The summed E-state index contributed by atoms with van der Waals surface area (Å²) in [6.07, 6.45) is 1.78. The van der Waals surface area contributed by atoms with E-state index in [-0.39, 0.29) is 5.91 Å². The number of nitrogens with zero attached hydrogens (tertiary/aromatic N) is 1. The number of benzene rings is 2. The number of rotatable bonds is 6. The molecule has 6 heteroatoms. The highest BCUT2D eigenvalue weighted by atomic mass is 32.2. The number of carbonyl (C=O) groups excluding carboxylic acids is 1.